The summed E-state index contributed by atoms with van der Waals surface area (Å²) in [4.78, 5) is 13.7. The van der Waals surface area contributed by atoms with Gasteiger partial charge < -0.3 is 25.2 Å². The van der Waals surface area contributed by atoms with Gasteiger partial charge in [-0.05, 0) is 12.1 Å². The van der Waals surface area contributed by atoms with Crippen LogP contribution in [0.15, 0.2) is 24.3 Å². The van der Waals surface area contributed by atoms with Crippen molar-refractivity contribution in [1.29, 1.82) is 0 Å². The molecule has 1 aromatic carbocycles. The van der Waals surface area contributed by atoms with E-state index in [-0.39, 0.29) is 31.6 Å². The van der Waals surface area contributed by atoms with Crippen molar-refractivity contribution in [2.24, 2.45) is 0 Å². The van der Waals surface area contributed by atoms with Crippen LogP contribution in [0.25, 0.3) is 0 Å². The van der Waals surface area contributed by atoms with Crippen molar-refractivity contribution >= 4 is 11.6 Å². The number of anilines is 1. The van der Waals surface area contributed by atoms with Gasteiger partial charge in [0.25, 0.3) is 0 Å². The Kier molecular flexibility index (Phi) is 5.20. The number of ether oxygens (including phenoxy) is 2. The second-order valence-corrected chi connectivity index (χ2v) is 4.63. The maximum Gasteiger partial charge on any atom is 0.226 e. The second kappa shape index (κ2) is 7.12. The third kappa shape index (κ3) is 3.61. The number of nitrogen functional groups attached to an aromatic ring is 1. The molecular weight excluding hydrogens is 260 g/mol. The van der Waals surface area contributed by atoms with Gasteiger partial charge in [-0.25, -0.2) is 0 Å². The Morgan fingerprint density at radius 2 is 2.30 bits per heavy atom. The Hall–Kier alpha value is -1.79. The number of morpholine rings is 1. The van der Waals surface area contributed by atoms with Gasteiger partial charge in [-0.2, -0.15) is 0 Å². The molecule has 2 rings (SSSR count). The molecule has 0 aromatic heterocycles. The summed E-state index contributed by atoms with van der Waals surface area (Å²) in [5, 5.41) is 9.23. The van der Waals surface area contributed by atoms with Crippen molar-refractivity contribution in [3.63, 3.8) is 0 Å². The Labute approximate surface area is 118 Å². The molecule has 6 nitrogen and oxygen atoms in total. The number of hydrogen-bond donors (Lipinski definition) is 2. The smallest absolute Gasteiger partial charge is 0.226 e. The molecule has 20 heavy (non-hydrogen) atoms. The van der Waals surface area contributed by atoms with Crippen molar-refractivity contribution in [1.82, 2.24) is 4.90 Å². The minimum absolute atomic E-state index is 0.0400. The average Bonchev–Trinajstić information content (AvgIpc) is 2.49. The summed E-state index contributed by atoms with van der Waals surface area (Å²) in [5.74, 6) is 0.544. The van der Waals surface area contributed by atoms with Gasteiger partial charge in [-0.1, -0.05) is 12.1 Å². The largest absolute Gasteiger partial charge is 0.491 e. The fourth-order valence-electron chi connectivity index (χ4n) is 2.14. The Balaban J connectivity index is 1.81. The molecular formula is C14H20N2O4. The average molecular weight is 280 g/mol. The van der Waals surface area contributed by atoms with Gasteiger partial charge in [0.05, 0.1) is 44.6 Å². The van der Waals surface area contributed by atoms with Crippen LogP contribution in [0.5, 0.6) is 5.75 Å². The molecule has 0 saturated carbocycles. The summed E-state index contributed by atoms with van der Waals surface area (Å²) in [6, 6.07) is 6.92. The van der Waals surface area contributed by atoms with Crippen molar-refractivity contribution < 1.29 is 19.4 Å². The highest BCUT2D eigenvalue weighted by atomic mass is 16.5. The predicted molar refractivity (Wildman–Crippen MR) is 74.4 cm³/mol. The lowest BCUT2D eigenvalue weighted by Gasteiger charge is -2.34. The molecule has 3 N–H and O–H groups in total. The third-order valence-corrected chi connectivity index (χ3v) is 3.25. The molecule has 1 atom stereocenters. The monoisotopic (exact) mass is 280 g/mol. The van der Waals surface area contributed by atoms with Crippen LogP contribution < -0.4 is 10.5 Å². The zero-order valence-corrected chi connectivity index (χ0v) is 11.3. The Morgan fingerprint density at radius 3 is 3.05 bits per heavy atom. The normalized spacial score (nSPS) is 18.9. The number of nitrogens with two attached hydrogens (primary N) is 1. The maximum atomic E-state index is 12.1. The standard InChI is InChI=1S/C14H20N2O4/c15-12-3-1-2-4-13(12)20-7-5-14(18)16-6-8-19-10-11(16)9-17/h1-4,11,17H,5-10,15H2. The van der Waals surface area contributed by atoms with Gasteiger partial charge in [-0.15, -0.1) is 0 Å². The first-order valence-electron chi connectivity index (χ1n) is 6.67. The van der Waals surface area contributed by atoms with E-state index >= 15 is 0 Å². The first-order chi connectivity index (χ1) is 9.72. The number of hydrogen-bond acceptors (Lipinski definition) is 5. The quantitative estimate of drug-likeness (QED) is 0.756. The molecule has 1 heterocycles. The molecule has 0 spiro atoms. The van der Waals surface area contributed by atoms with Crippen LogP contribution in [0.1, 0.15) is 6.42 Å². The van der Waals surface area contributed by atoms with Crippen LogP contribution in [0, 0.1) is 0 Å². The van der Waals surface area contributed by atoms with Crippen molar-refractivity contribution in [3.05, 3.63) is 24.3 Å². The molecule has 1 saturated heterocycles. The molecule has 0 bridgehead atoms. The van der Waals surface area contributed by atoms with Gasteiger partial charge in [0, 0.05) is 6.54 Å². The van der Waals surface area contributed by atoms with Crippen LogP contribution >= 0.6 is 0 Å². The lowest BCUT2D eigenvalue weighted by Crippen LogP contribution is -2.50. The minimum atomic E-state index is -0.252. The molecule has 110 valence electrons. The van der Waals surface area contributed by atoms with E-state index in [0.717, 1.165) is 0 Å². The van der Waals surface area contributed by atoms with Crippen LogP contribution in [0.2, 0.25) is 0 Å². The van der Waals surface area contributed by atoms with Gasteiger partial charge in [0.1, 0.15) is 5.75 Å². The first kappa shape index (κ1) is 14.6. The van der Waals surface area contributed by atoms with Crippen LogP contribution in [0.3, 0.4) is 0 Å². The highest BCUT2D eigenvalue weighted by molar-refractivity contribution is 5.76. The fraction of sp³-hybridized carbons (Fsp3) is 0.500. The van der Waals surface area contributed by atoms with Crippen LogP contribution in [-0.2, 0) is 9.53 Å². The third-order valence-electron chi connectivity index (χ3n) is 3.25. The van der Waals surface area contributed by atoms with Gasteiger partial charge in [0.2, 0.25) is 5.91 Å². The molecule has 1 unspecified atom stereocenters. The zero-order valence-electron chi connectivity index (χ0n) is 11.3. The number of aliphatic hydroxyl groups excluding tert-OH is 1. The molecule has 1 aromatic rings. The van der Waals surface area contributed by atoms with E-state index in [9.17, 15) is 9.90 Å². The predicted octanol–water partition coefficient (Wildman–Crippen LogP) is 0.257. The lowest BCUT2D eigenvalue weighted by molar-refractivity contribution is -0.142. The number of nitrogens with zero attached hydrogens (tertiary/aromatic N) is 1. The summed E-state index contributed by atoms with van der Waals surface area (Å²) in [6.07, 6.45) is 0.255. The van der Waals surface area contributed by atoms with Crippen LogP contribution in [0.4, 0.5) is 5.69 Å². The number of amides is 1. The van der Waals surface area contributed by atoms with E-state index in [4.69, 9.17) is 15.2 Å². The first-order valence-corrected chi connectivity index (χ1v) is 6.67. The number of benzene rings is 1. The highest BCUT2D eigenvalue weighted by Gasteiger charge is 2.26. The summed E-state index contributed by atoms with van der Waals surface area (Å²) in [7, 11) is 0. The van der Waals surface area contributed by atoms with E-state index < -0.39 is 0 Å². The van der Waals surface area contributed by atoms with E-state index in [1.54, 1.807) is 17.0 Å². The summed E-state index contributed by atoms with van der Waals surface area (Å²) in [6.45, 7) is 1.59. The van der Waals surface area contributed by atoms with Gasteiger partial charge in [0.15, 0.2) is 0 Å². The summed E-state index contributed by atoms with van der Waals surface area (Å²) >= 11 is 0. The SMILES string of the molecule is Nc1ccccc1OCCC(=O)N1CCOCC1CO. The topological polar surface area (TPSA) is 85.0 Å². The van der Waals surface area contributed by atoms with Crippen molar-refractivity contribution in [2.45, 2.75) is 12.5 Å². The van der Waals surface area contributed by atoms with Crippen molar-refractivity contribution in [2.75, 3.05) is 38.7 Å². The number of aliphatic hydroxyl groups is 1. The number of para-hydroxylation sites is 2. The number of rotatable bonds is 5. The van der Waals surface area contributed by atoms with E-state index in [0.29, 0.717) is 31.2 Å². The summed E-state index contributed by atoms with van der Waals surface area (Å²) in [5.41, 5.74) is 6.31. The van der Waals surface area contributed by atoms with Crippen LogP contribution in [-0.4, -0.2) is 54.9 Å². The number of carbonyl (C=O) groups excluding carboxylic acids is 1. The molecule has 1 aliphatic heterocycles. The Bertz CT molecular complexity index is 453. The summed E-state index contributed by atoms with van der Waals surface area (Å²) < 4.78 is 10.7. The molecule has 1 aliphatic rings. The maximum absolute atomic E-state index is 12.1. The van der Waals surface area contributed by atoms with E-state index in [2.05, 4.69) is 0 Å². The minimum Gasteiger partial charge on any atom is -0.491 e. The Morgan fingerprint density at radius 1 is 1.50 bits per heavy atom. The molecule has 1 fully saturated rings. The zero-order chi connectivity index (χ0) is 14.4. The van der Waals surface area contributed by atoms with E-state index in [1.807, 2.05) is 12.1 Å². The molecule has 1 amide bonds. The molecule has 6 heteroatoms. The second-order valence-electron chi connectivity index (χ2n) is 4.63. The highest BCUT2D eigenvalue weighted by Crippen LogP contribution is 2.20. The van der Waals surface area contributed by atoms with E-state index in [1.165, 1.54) is 0 Å². The van der Waals surface area contributed by atoms with Gasteiger partial charge in [-0.3, -0.25) is 4.79 Å². The van der Waals surface area contributed by atoms with Gasteiger partial charge >= 0.3 is 0 Å². The lowest BCUT2D eigenvalue weighted by atomic mass is 10.2. The van der Waals surface area contributed by atoms with Crippen molar-refractivity contribution in [3.8, 4) is 5.75 Å². The number of carbonyl (C=O) groups is 1. The molecule has 0 aliphatic carbocycles. The molecule has 0 radical (unpaired) electrons. The fourth-order valence-corrected chi connectivity index (χ4v) is 2.14.